The van der Waals surface area contributed by atoms with Gasteiger partial charge in [-0.15, -0.1) is 0 Å². The Hall–Kier alpha value is -2.57. The van der Waals surface area contributed by atoms with Crippen LogP contribution in [0.3, 0.4) is 0 Å². The third-order valence-electron chi connectivity index (χ3n) is 4.93. The van der Waals surface area contributed by atoms with Crippen molar-refractivity contribution in [1.82, 2.24) is 15.0 Å². The highest BCUT2D eigenvalue weighted by atomic mass is 16.5. The highest BCUT2D eigenvalue weighted by Gasteiger charge is 2.25. The Kier molecular flexibility index (Phi) is 4.29. The molecule has 0 atom stereocenters. The number of aryl methyl sites for hydroxylation is 1. The second-order valence-corrected chi connectivity index (χ2v) is 6.68. The molecule has 0 radical (unpaired) electrons. The molecule has 0 unspecified atom stereocenters. The van der Waals surface area contributed by atoms with Crippen LogP contribution >= 0.6 is 0 Å². The third kappa shape index (κ3) is 3.45. The number of carbonyl (C=O) groups excluding carboxylic acids is 1. The summed E-state index contributed by atoms with van der Waals surface area (Å²) in [5.41, 5.74) is 1.96. The molecule has 0 aliphatic carbocycles. The number of rotatable bonds is 3. The molecule has 1 aromatic heterocycles. The number of anilines is 1. The fraction of sp³-hybridized carbons (Fsp3) is 0.500. The number of ether oxygens (including phenoxy) is 1. The molecule has 0 bridgehead atoms. The first-order valence-corrected chi connectivity index (χ1v) is 8.79. The van der Waals surface area contributed by atoms with Gasteiger partial charge in [-0.2, -0.15) is 4.98 Å². The summed E-state index contributed by atoms with van der Waals surface area (Å²) in [7, 11) is 0. The zero-order chi connectivity index (χ0) is 17.2. The normalized spacial score (nSPS) is 17.2. The van der Waals surface area contributed by atoms with Crippen molar-refractivity contribution in [3.8, 4) is 5.75 Å². The number of benzene rings is 1. The first-order valence-electron chi connectivity index (χ1n) is 8.79. The van der Waals surface area contributed by atoms with Gasteiger partial charge in [0.2, 0.25) is 5.89 Å². The van der Waals surface area contributed by atoms with Gasteiger partial charge in [0.05, 0.1) is 6.61 Å². The average Bonchev–Trinajstić information content (AvgIpc) is 3.25. The number of fused-ring (bicyclic) bond motifs is 1. The maximum atomic E-state index is 12.6. The highest BCUT2D eigenvalue weighted by molar-refractivity contribution is 5.90. The largest absolute Gasteiger partial charge is 0.493 e. The number of nitrogens with zero attached hydrogens (tertiary/aromatic N) is 3. The number of hydrogen-bond donors (Lipinski definition) is 1. The molecule has 2 aliphatic rings. The average molecular weight is 342 g/mol. The van der Waals surface area contributed by atoms with E-state index < -0.39 is 0 Å². The molecule has 132 valence electrons. The Bertz CT molecular complexity index is 765. The van der Waals surface area contributed by atoms with Crippen LogP contribution in [0.5, 0.6) is 5.75 Å². The van der Waals surface area contributed by atoms with Gasteiger partial charge < -0.3 is 19.5 Å². The fourth-order valence-electron chi connectivity index (χ4n) is 3.56. The number of hydrogen-bond acceptors (Lipinski definition) is 5. The second-order valence-electron chi connectivity index (χ2n) is 6.68. The molecule has 25 heavy (non-hydrogen) atoms. The molecule has 7 nitrogen and oxygen atoms in total. The lowest BCUT2D eigenvalue weighted by Gasteiger charge is -2.31. The van der Waals surface area contributed by atoms with Gasteiger partial charge in [0.15, 0.2) is 5.82 Å². The zero-order valence-electron chi connectivity index (χ0n) is 14.3. The monoisotopic (exact) mass is 342 g/mol. The van der Waals surface area contributed by atoms with Crippen LogP contribution in [0.15, 0.2) is 22.7 Å². The molecular formula is C18H22N4O3. The van der Waals surface area contributed by atoms with Crippen molar-refractivity contribution < 1.29 is 14.1 Å². The van der Waals surface area contributed by atoms with Gasteiger partial charge in [0.25, 0.3) is 0 Å². The quantitative estimate of drug-likeness (QED) is 0.928. The van der Waals surface area contributed by atoms with Gasteiger partial charge in [-0.3, -0.25) is 0 Å². The van der Waals surface area contributed by atoms with E-state index in [0.29, 0.717) is 18.4 Å². The minimum Gasteiger partial charge on any atom is -0.493 e. The van der Waals surface area contributed by atoms with Gasteiger partial charge in [0.1, 0.15) is 5.75 Å². The van der Waals surface area contributed by atoms with E-state index >= 15 is 0 Å². The minimum absolute atomic E-state index is 0.0332. The number of aromatic nitrogens is 2. The van der Waals surface area contributed by atoms with Crippen molar-refractivity contribution in [2.75, 3.05) is 25.0 Å². The van der Waals surface area contributed by atoms with E-state index in [1.165, 1.54) is 0 Å². The Morgan fingerprint density at radius 3 is 2.96 bits per heavy atom. The summed E-state index contributed by atoms with van der Waals surface area (Å²) in [6.07, 6.45) is 3.57. The van der Waals surface area contributed by atoms with Crippen molar-refractivity contribution in [1.29, 1.82) is 0 Å². The lowest BCUT2D eigenvalue weighted by molar-refractivity contribution is 0.181. The van der Waals surface area contributed by atoms with Crippen LogP contribution in [-0.4, -0.2) is 40.8 Å². The maximum absolute atomic E-state index is 12.6. The molecule has 0 saturated carbocycles. The van der Waals surface area contributed by atoms with Crippen molar-refractivity contribution >= 4 is 11.7 Å². The molecule has 1 aromatic carbocycles. The van der Waals surface area contributed by atoms with Crippen LogP contribution in [0.25, 0.3) is 0 Å². The molecule has 1 fully saturated rings. The Balaban J connectivity index is 1.32. The van der Waals surface area contributed by atoms with E-state index in [0.717, 1.165) is 61.6 Å². The highest BCUT2D eigenvalue weighted by Crippen LogP contribution is 2.32. The number of carbonyl (C=O) groups is 1. The predicted octanol–water partition coefficient (Wildman–Crippen LogP) is 2.80. The molecule has 2 amide bonds. The fourth-order valence-corrected chi connectivity index (χ4v) is 3.56. The molecule has 1 N–H and O–H groups in total. The van der Waals surface area contributed by atoms with Crippen LogP contribution < -0.4 is 10.1 Å². The predicted molar refractivity (Wildman–Crippen MR) is 91.7 cm³/mol. The molecule has 7 heteroatoms. The number of nitrogens with one attached hydrogen (secondary N) is 1. The van der Waals surface area contributed by atoms with E-state index in [-0.39, 0.29) is 6.03 Å². The maximum Gasteiger partial charge on any atom is 0.321 e. The first-order chi connectivity index (χ1) is 12.2. The van der Waals surface area contributed by atoms with Crippen LogP contribution in [0.2, 0.25) is 0 Å². The summed E-state index contributed by atoms with van der Waals surface area (Å²) in [6.45, 7) is 3.98. The van der Waals surface area contributed by atoms with E-state index in [4.69, 9.17) is 9.26 Å². The van der Waals surface area contributed by atoms with Gasteiger partial charge in [0, 0.05) is 44.1 Å². The van der Waals surface area contributed by atoms with Crippen molar-refractivity contribution in [3.05, 3.63) is 35.5 Å². The van der Waals surface area contributed by atoms with Crippen LogP contribution in [-0.2, 0) is 12.8 Å². The van der Waals surface area contributed by atoms with Crippen LogP contribution in [0, 0.1) is 12.8 Å². The minimum atomic E-state index is -0.0332. The van der Waals surface area contributed by atoms with E-state index in [1.807, 2.05) is 23.1 Å². The standard InChI is InChI=1S/C18H22N4O3/c1-12-19-17(21-25-12)11-13-5-8-22(9-6-13)18(23)20-15-3-2-4-16-14(15)7-10-24-16/h2-4,13H,5-11H2,1H3,(H,20,23). The SMILES string of the molecule is Cc1nc(CC2CCN(C(=O)Nc3cccc4c3CCO4)CC2)no1. The van der Waals surface area contributed by atoms with Crippen molar-refractivity contribution in [2.24, 2.45) is 5.92 Å². The lowest BCUT2D eigenvalue weighted by Crippen LogP contribution is -2.41. The smallest absolute Gasteiger partial charge is 0.321 e. The lowest BCUT2D eigenvalue weighted by atomic mass is 9.93. The number of amides is 2. The van der Waals surface area contributed by atoms with Gasteiger partial charge in [-0.05, 0) is 30.9 Å². The van der Waals surface area contributed by atoms with Gasteiger partial charge in [-0.1, -0.05) is 11.2 Å². The molecule has 0 spiro atoms. The summed E-state index contributed by atoms with van der Waals surface area (Å²) in [6, 6.07) is 5.77. The molecule has 4 rings (SSSR count). The topological polar surface area (TPSA) is 80.5 Å². The summed E-state index contributed by atoms with van der Waals surface area (Å²) in [5, 5.41) is 7.01. The Morgan fingerprint density at radius 1 is 1.36 bits per heavy atom. The zero-order valence-corrected chi connectivity index (χ0v) is 14.3. The molecular weight excluding hydrogens is 320 g/mol. The van der Waals surface area contributed by atoms with Crippen molar-refractivity contribution in [3.63, 3.8) is 0 Å². The summed E-state index contributed by atoms with van der Waals surface area (Å²) in [4.78, 5) is 18.7. The molecule has 2 aliphatic heterocycles. The Morgan fingerprint density at radius 2 is 2.20 bits per heavy atom. The Labute approximate surface area is 146 Å². The number of urea groups is 1. The summed E-state index contributed by atoms with van der Waals surface area (Å²) in [5.74, 6) is 2.74. The van der Waals surface area contributed by atoms with E-state index in [2.05, 4.69) is 15.5 Å². The number of piperidine rings is 1. The molecule has 3 heterocycles. The second kappa shape index (κ2) is 6.74. The van der Waals surface area contributed by atoms with Gasteiger partial charge in [-0.25, -0.2) is 4.79 Å². The summed E-state index contributed by atoms with van der Waals surface area (Å²) < 4.78 is 10.6. The third-order valence-corrected chi connectivity index (χ3v) is 4.93. The van der Waals surface area contributed by atoms with E-state index in [1.54, 1.807) is 6.92 Å². The van der Waals surface area contributed by atoms with Gasteiger partial charge >= 0.3 is 6.03 Å². The van der Waals surface area contributed by atoms with E-state index in [9.17, 15) is 4.79 Å². The van der Waals surface area contributed by atoms with Crippen LogP contribution in [0.4, 0.5) is 10.5 Å². The number of likely N-dealkylation sites (tertiary alicyclic amines) is 1. The summed E-state index contributed by atoms with van der Waals surface area (Å²) >= 11 is 0. The molecule has 1 saturated heterocycles. The van der Waals surface area contributed by atoms with Crippen molar-refractivity contribution in [2.45, 2.75) is 32.6 Å². The first kappa shape index (κ1) is 15.9. The molecule has 2 aromatic rings. The van der Waals surface area contributed by atoms with Crippen LogP contribution in [0.1, 0.15) is 30.1 Å².